The molecule has 126 valence electrons. The molecule has 2 unspecified atom stereocenters. The van der Waals surface area contributed by atoms with E-state index in [0.29, 0.717) is 5.75 Å². The summed E-state index contributed by atoms with van der Waals surface area (Å²) in [5, 5.41) is 17.4. The highest BCUT2D eigenvalue weighted by Crippen LogP contribution is 2.34. The minimum atomic E-state index is -0.991. The number of hydrogen-bond acceptors (Lipinski definition) is 4. The van der Waals surface area contributed by atoms with Crippen LogP contribution in [0, 0.1) is 0 Å². The van der Waals surface area contributed by atoms with Gasteiger partial charge in [0.05, 0.1) is 6.42 Å². The van der Waals surface area contributed by atoms with Crippen LogP contribution in [-0.2, 0) is 15.3 Å². The lowest BCUT2D eigenvalue weighted by Crippen LogP contribution is -2.31. The Morgan fingerprint density at radius 2 is 1.50 bits per heavy atom. The number of carbonyl (C=O) groups is 2. The van der Waals surface area contributed by atoms with Crippen molar-refractivity contribution in [3.05, 3.63) is 66.2 Å². The molecule has 24 heavy (non-hydrogen) atoms. The Bertz CT molecular complexity index is 661. The van der Waals surface area contributed by atoms with Crippen molar-refractivity contribution in [2.24, 2.45) is 0 Å². The van der Waals surface area contributed by atoms with Crippen molar-refractivity contribution in [1.29, 1.82) is 0 Å². The summed E-state index contributed by atoms with van der Waals surface area (Å²) in [7, 11) is 0. The third-order valence-electron chi connectivity index (χ3n) is 3.26. The summed E-state index contributed by atoms with van der Waals surface area (Å²) in [5.74, 6) is -1.44. The van der Waals surface area contributed by atoms with Gasteiger partial charge in [0.1, 0.15) is 5.25 Å². The van der Waals surface area contributed by atoms with E-state index in [1.54, 1.807) is 0 Å². The van der Waals surface area contributed by atoms with Crippen LogP contribution in [0.1, 0.15) is 12.0 Å². The van der Waals surface area contributed by atoms with Crippen LogP contribution in [0.15, 0.2) is 65.6 Å². The zero-order valence-corrected chi connectivity index (χ0v) is 14.5. The summed E-state index contributed by atoms with van der Waals surface area (Å²) in [5.41, 5.74) is 1.02. The van der Waals surface area contributed by atoms with Gasteiger partial charge in [-0.2, -0.15) is 0 Å². The fraction of sp³-hybridized carbons (Fsp3) is 0.222. The molecule has 4 nitrogen and oxygen atoms in total. The third-order valence-corrected chi connectivity index (χ3v) is 6.11. The van der Waals surface area contributed by atoms with E-state index in [2.05, 4.69) is 0 Å². The van der Waals surface area contributed by atoms with E-state index in [1.807, 2.05) is 60.7 Å². The van der Waals surface area contributed by atoms with Gasteiger partial charge >= 0.3 is 11.9 Å². The molecule has 0 saturated heterocycles. The second-order valence-electron chi connectivity index (χ2n) is 5.12. The van der Waals surface area contributed by atoms with Crippen LogP contribution in [0.4, 0.5) is 0 Å². The van der Waals surface area contributed by atoms with Gasteiger partial charge in [-0.1, -0.05) is 48.5 Å². The lowest BCUT2D eigenvalue weighted by molar-refractivity contribution is -0.138. The number of carboxylic acid groups (broad SMARTS) is 2. The van der Waals surface area contributed by atoms with Gasteiger partial charge in [-0.15, -0.1) is 23.5 Å². The van der Waals surface area contributed by atoms with E-state index < -0.39 is 22.4 Å². The van der Waals surface area contributed by atoms with Crippen molar-refractivity contribution in [3.63, 3.8) is 0 Å². The normalized spacial score (nSPS) is 13.2. The molecule has 2 aromatic rings. The molecule has 0 spiro atoms. The summed E-state index contributed by atoms with van der Waals surface area (Å²) in [4.78, 5) is 23.8. The number of rotatable bonds is 9. The molecule has 0 aromatic heterocycles. The molecule has 0 saturated carbocycles. The van der Waals surface area contributed by atoms with E-state index in [0.717, 1.165) is 10.5 Å². The molecule has 6 heteroatoms. The minimum Gasteiger partial charge on any atom is -0.481 e. The summed E-state index contributed by atoms with van der Waals surface area (Å²) >= 11 is 2.57. The molecule has 0 aliphatic heterocycles. The Morgan fingerprint density at radius 3 is 2.04 bits per heavy atom. The smallest absolute Gasteiger partial charge is 0.317 e. The molecule has 2 N–H and O–H groups in total. The molecular formula is C18H18O4S2. The highest BCUT2D eigenvalue weighted by Gasteiger charge is 2.31. The van der Waals surface area contributed by atoms with Gasteiger partial charge in [0.25, 0.3) is 0 Å². The van der Waals surface area contributed by atoms with Crippen LogP contribution in [0.25, 0.3) is 0 Å². The van der Waals surface area contributed by atoms with Gasteiger partial charge in [0, 0.05) is 15.9 Å². The van der Waals surface area contributed by atoms with Crippen molar-refractivity contribution < 1.29 is 19.8 Å². The van der Waals surface area contributed by atoms with Gasteiger partial charge in [-0.3, -0.25) is 9.59 Å². The predicted molar refractivity (Wildman–Crippen MR) is 97.5 cm³/mol. The lowest BCUT2D eigenvalue weighted by Gasteiger charge is -2.22. The number of hydrogen-bond donors (Lipinski definition) is 2. The summed E-state index contributed by atoms with van der Waals surface area (Å²) in [6, 6.07) is 18.9. The van der Waals surface area contributed by atoms with Crippen LogP contribution in [0.5, 0.6) is 0 Å². The van der Waals surface area contributed by atoms with Crippen LogP contribution in [0.2, 0.25) is 0 Å². The molecule has 0 radical (unpaired) electrons. The van der Waals surface area contributed by atoms with E-state index in [-0.39, 0.29) is 6.42 Å². The maximum Gasteiger partial charge on any atom is 0.317 e. The van der Waals surface area contributed by atoms with Gasteiger partial charge in [-0.25, -0.2) is 0 Å². The summed E-state index contributed by atoms with van der Waals surface area (Å²) in [6.07, 6.45) is -0.196. The van der Waals surface area contributed by atoms with Crippen molar-refractivity contribution in [3.8, 4) is 0 Å². The number of thioether (sulfide) groups is 2. The maximum absolute atomic E-state index is 11.7. The zero-order chi connectivity index (χ0) is 17.4. The second-order valence-corrected chi connectivity index (χ2v) is 7.57. The average Bonchev–Trinajstić information content (AvgIpc) is 2.56. The molecular weight excluding hydrogens is 344 g/mol. The molecule has 0 bridgehead atoms. The van der Waals surface area contributed by atoms with Crippen LogP contribution in [0.3, 0.4) is 0 Å². The minimum absolute atomic E-state index is 0.196. The summed E-state index contributed by atoms with van der Waals surface area (Å²) in [6.45, 7) is 0. The van der Waals surface area contributed by atoms with Crippen molar-refractivity contribution in [1.82, 2.24) is 0 Å². The van der Waals surface area contributed by atoms with Gasteiger partial charge in [0.2, 0.25) is 0 Å². The fourth-order valence-corrected chi connectivity index (χ4v) is 4.70. The molecule has 2 atom stereocenters. The highest BCUT2D eigenvalue weighted by atomic mass is 32.2. The lowest BCUT2D eigenvalue weighted by atomic mass is 10.2. The molecule has 0 fully saturated rings. The van der Waals surface area contributed by atoms with Gasteiger partial charge in [0.15, 0.2) is 0 Å². The number of aliphatic carboxylic acids is 2. The largest absolute Gasteiger partial charge is 0.481 e. The van der Waals surface area contributed by atoms with Crippen LogP contribution in [-0.4, -0.2) is 32.7 Å². The van der Waals surface area contributed by atoms with E-state index in [4.69, 9.17) is 5.11 Å². The van der Waals surface area contributed by atoms with Crippen LogP contribution < -0.4 is 0 Å². The molecule has 2 aromatic carbocycles. The molecule has 2 rings (SSSR count). The monoisotopic (exact) mass is 362 g/mol. The van der Waals surface area contributed by atoms with E-state index >= 15 is 0 Å². The third kappa shape index (κ3) is 5.94. The first kappa shape index (κ1) is 18.4. The SMILES string of the molecule is O=C(O)CC(Sc1ccccc1)C(SCc1ccccc1)C(=O)O. The Labute approximate surface area is 149 Å². The Kier molecular flexibility index (Phi) is 7.21. The first-order chi connectivity index (χ1) is 11.6. The van der Waals surface area contributed by atoms with Crippen molar-refractivity contribution >= 4 is 35.5 Å². The molecule has 0 amide bonds. The predicted octanol–water partition coefficient (Wildman–Crippen LogP) is 4.01. The zero-order valence-electron chi connectivity index (χ0n) is 12.9. The van der Waals surface area contributed by atoms with Gasteiger partial charge < -0.3 is 10.2 Å². The van der Waals surface area contributed by atoms with Crippen LogP contribution >= 0.6 is 23.5 Å². The number of carboxylic acids is 2. The number of benzene rings is 2. The summed E-state index contributed by atoms with van der Waals surface area (Å²) < 4.78 is 0. The Balaban J connectivity index is 2.12. The highest BCUT2D eigenvalue weighted by molar-refractivity contribution is 8.04. The molecule has 0 heterocycles. The molecule has 0 aliphatic carbocycles. The van der Waals surface area contributed by atoms with Crippen molar-refractivity contribution in [2.45, 2.75) is 27.6 Å². The maximum atomic E-state index is 11.7. The molecule has 0 aliphatic rings. The van der Waals surface area contributed by atoms with E-state index in [9.17, 15) is 14.7 Å². The van der Waals surface area contributed by atoms with E-state index in [1.165, 1.54) is 23.5 Å². The average molecular weight is 362 g/mol. The first-order valence-corrected chi connectivity index (χ1v) is 9.31. The van der Waals surface area contributed by atoms with Crippen molar-refractivity contribution in [2.75, 3.05) is 0 Å². The topological polar surface area (TPSA) is 74.6 Å². The van der Waals surface area contributed by atoms with Gasteiger partial charge in [-0.05, 0) is 17.7 Å². The second kappa shape index (κ2) is 9.39. The Morgan fingerprint density at radius 1 is 0.917 bits per heavy atom. The standard InChI is InChI=1S/C18H18O4S2/c19-16(20)11-15(24-14-9-5-2-6-10-14)17(18(21)22)23-12-13-7-3-1-4-8-13/h1-10,15,17H,11-12H2,(H,19,20)(H,21,22). The Hall–Kier alpha value is -1.92. The quantitative estimate of drug-likeness (QED) is 0.657. The first-order valence-electron chi connectivity index (χ1n) is 7.38. The fourth-order valence-electron chi connectivity index (χ4n) is 2.15.